The maximum atomic E-state index is 6.66. The predicted molar refractivity (Wildman–Crippen MR) is 136 cm³/mol. The number of halogens is 1. The summed E-state index contributed by atoms with van der Waals surface area (Å²) in [5.41, 5.74) is 3.11. The molecular formula is C28H24ClFeN5+2. The van der Waals surface area contributed by atoms with Crippen molar-refractivity contribution in [3.63, 3.8) is 0 Å². The summed E-state index contributed by atoms with van der Waals surface area (Å²) in [4.78, 5) is 4.12. The molecule has 0 saturated heterocycles. The monoisotopic (exact) mass is 521 g/mol. The Kier molecular flexibility index (Phi) is 9.42. The Balaban J connectivity index is 0.000000431. The first-order valence-corrected chi connectivity index (χ1v) is 11.6. The third-order valence-electron chi connectivity index (χ3n) is 5.82. The average Bonchev–Trinajstić information content (AvgIpc) is 3.69. The molecule has 2 atom stereocenters. The molecular weight excluding hydrogens is 498 g/mol. The van der Waals surface area contributed by atoms with Gasteiger partial charge in [-0.3, -0.25) is 9.69 Å². The zero-order chi connectivity index (χ0) is 23.2. The minimum absolute atomic E-state index is 0. The van der Waals surface area contributed by atoms with Crippen LogP contribution in [0, 0.1) is 69.6 Å². The Hall–Kier alpha value is -2.14. The number of hydrazone groups is 1. The maximum absolute atomic E-state index is 6.66. The fourth-order valence-electron chi connectivity index (χ4n) is 4.29. The molecule has 0 bridgehead atoms. The van der Waals surface area contributed by atoms with E-state index >= 15 is 0 Å². The van der Waals surface area contributed by atoms with Crippen molar-refractivity contribution in [2.45, 2.75) is 12.6 Å². The van der Waals surface area contributed by atoms with Crippen molar-refractivity contribution in [3.8, 4) is 0 Å². The molecule has 2 heterocycles. The second-order valence-electron chi connectivity index (χ2n) is 7.99. The van der Waals surface area contributed by atoms with Gasteiger partial charge in [0.15, 0.2) is 0 Å². The van der Waals surface area contributed by atoms with Crippen LogP contribution in [0.5, 0.6) is 0 Å². The third kappa shape index (κ3) is 6.17. The molecule has 0 unspecified atom stereocenters. The number of benzene rings is 2. The van der Waals surface area contributed by atoms with Crippen molar-refractivity contribution < 1.29 is 17.1 Å². The molecule has 5 nitrogen and oxygen atoms in total. The van der Waals surface area contributed by atoms with Gasteiger partial charge in [-0.2, -0.15) is 10.2 Å². The quantitative estimate of drug-likeness (QED) is 0.411. The molecule has 3 aliphatic rings. The maximum Gasteiger partial charge on any atom is 2.00 e. The molecule has 7 heteroatoms. The molecule has 2 aromatic carbocycles. The summed E-state index contributed by atoms with van der Waals surface area (Å²) in [5, 5.41) is 12.3. The van der Waals surface area contributed by atoms with E-state index in [1.165, 1.54) is 0 Å². The van der Waals surface area contributed by atoms with Crippen LogP contribution in [0.2, 0.25) is 5.02 Å². The van der Waals surface area contributed by atoms with Crippen LogP contribution in [0.4, 0.5) is 5.69 Å². The molecule has 35 heavy (non-hydrogen) atoms. The average molecular weight is 522 g/mol. The third-order valence-corrected chi connectivity index (χ3v) is 6.16. The minimum atomic E-state index is -0.0554. The van der Waals surface area contributed by atoms with Crippen molar-refractivity contribution in [1.29, 1.82) is 0 Å². The van der Waals surface area contributed by atoms with Gasteiger partial charge in [-0.05, 0) is 81.5 Å². The van der Waals surface area contributed by atoms with Crippen molar-refractivity contribution >= 4 is 23.0 Å². The number of rotatable bonds is 5. The van der Waals surface area contributed by atoms with E-state index in [9.17, 15) is 0 Å². The molecule has 0 N–H and O–H groups in total. The second kappa shape index (κ2) is 12.7. The minimum Gasteiger partial charge on any atom is -0.257 e. The van der Waals surface area contributed by atoms with Crippen molar-refractivity contribution in [1.82, 2.24) is 14.8 Å². The van der Waals surface area contributed by atoms with Crippen LogP contribution in [-0.4, -0.2) is 20.5 Å². The molecule has 1 aromatic heterocycles. The molecule has 0 amide bonds. The van der Waals surface area contributed by atoms with Crippen molar-refractivity contribution in [2.75, 3.05) is 5.01 Å². The fraction of sp³-hybridized carbons (Fsp3) is 0.107. The van der Waals surface area contributed by atoms with Gasteiger partial charge < -0.3 is 0 Å². The van der Waals surface area contributed by atoms with Crippen molar-refractivity contribution in [2.24, 2.45) is 11.0 Å². The van der Waals surface area contributed by atoms with Crippen LogP contribution < -0.4 is 5.01 Å². The smallest absolute Gasteiger partial charge is 0.257 e. The molecule has 0 spiro atoms. The van der Waals surface area contributed by atoms with Gasteiger partial charge in [0.05, 0.1) is 24.0 Å². The zero-order valence-corrected chi connectivity index (χ0v) is 20.7. The summed E-state index contributed by atoms with van der Waals surface area (Å²) in [6, 6.07) is 18.2. The number of para-hydroxylation sites is 1. The summed E-state index contributed by atoms with van der Waals surface area (Å²) in [6.07, 6.45) is 21.6. The first-order chi connectivity index (χ1) is 16.8. The van der Waals surface area contributed by atoms with E-state index < -0.39 is 0 Å². The van der Waals surface area contributed by atoms with E-state index in [4.69, 9.17) is 16.7 Å². The van der Waals surface area contributed by atoms with Crippen LogP contribution in [0.25, 0.3) is 0 Å². The summed E-state index contributed by atoms with van der Waals surface area (Å²) in [7, 11) is 0. The van der Waals surface area contributed by atoms with Crippen LogP contribution in [-0.2, 0) is 23.6 Å². The Morgan fingerprint density at radius 1 is 0.800 bits per heavy atom. The van der Waals surface area contributed by atoms with Gasteiger partial charge >= 0.3 is 17.1 Å². The zero-order valence-electron chi connectivity index (χ0n) is 18.9. The van der Waals surface area contributed by atoms with Gasteiger partial charge in [-0.25, -0.2) is 4.98 Å². The molecule has 2 fully saturated rings. The summed E-state index contributed by atoms with van der Waals surface area (Å²) < 4.78 is 1.86. The predicted octanol–water partition coefficient (Wildman–Crippen LogP) is 5.59. The van der Waals surface area contributed by atoms with Gasteiger partial charge in [-0.1, -0.05) is 48.0 Å². The van der Waals surface area contributed by atoms with E-state index in [0.29, 0.717) is 6.54 Å². The van der Waals surface area contributed by atoms with Gasteiger partial charge in [0.25, 0.3) is 0 Å². The number of hydrogen-bond donors (Lipinski definition) is 0. The molecule has 1 aliphatic heterocycles. The first-order valence-electron chi connectivity index (χ1n) is 11.2. The van der Waals surface area contributed by atoms with Crippen molar-refractivity contribution in [3.05, 3.63) is 142 Å². The Labute approximate surface area is 224 Å². The molecule has 174 valence electrons. The summed E-state index contributed by atoms with van der Waals surface area (Å²) in [6.45, 7) is 0.656. The summed E-state index contributed by atoms with van der Waals surface area (Å²) in [5.74, 6) is 1.17. The van der Waals surface area contributed by atoms with Crippen LogP contribution in [0.3, 0.4) is 0 Å². The first kappa shape index (κ1) is 25.9. The Morgan fingerprint density at radius 3 is 2.09 bits per heavy atom. The standard InChI is InChI=1S/C23H19ClN5.C5H5.Fe/c24-21-13-7-6-12-19(21)23-20(14-28-16-25-15-26-28)22(17-8-4-5-9-17)27-29(23)18-10-2-1-3-11-18;1-2-4-5-3-1;/h1-13,15-16,20,23H,14H2;1-5H;/q;;+2/t20-,23+;;/m1../s1. The molecule has 3 aromatic rings. The molecule has 2 saturated carbocycles. The van der Waals surface area contributed by atoms with Gasteiger partial charge in [0.2, 0.25) is 0 Å². The van der Waals surface area contributed by atoms with Crippen LogP contribution in [0.1, 0.15) is 11.6 Å². The topological polar surface area (TPSA) is 46.3 Å². The number of anilines is 1. The Morgan fingerprint density at radius 2 is 1.46 bits per heavy atom. The Bertz CT molecular complexity index is 1050. The molecule has 2 aliphatic carbocycles. The summed E-state index contributed by atoms with van der Waals surface area (Å²) >= 11 is 6.66. The molecule has 10 radical (unpaired) electrons. The van der Waals surface area contributed by atoms with Gasteiger partial charge in [0.1, 0.15) is 12.7 Å². The van der Waals surface area contributed by atoms with E-state index in [2.05, 4.69) is 46.1 Å². The fourth-order valence-corrected chi connectivity index (χ4v) is 4.53. The van der Waals surface area contributed by atoms with Crippen LogP contribution in [0.15, 0.2) is 72.4 Å². The number of nitrogens with zero attached hydrogens (tertiary/aromatic N) is 5. The van der Waals surface area contributed by atoms with Gasteiger partial charge in [0, 0.05) is 16.9 Å². The van der Waals surface area contributed by atoms with E-state index in [1.54, 1.807) is 12.7 Å². The van der Waals surface area contributed by atoms with E-state index in [0.717, 1.165) is 27.9 Å². The SMILES string of the molecule is Clc1ccccc1[C@H]1[C@H](Cn2cncn2)C([C]2[CH][CH][CH][CH]2)=NN1c1ccccc1.[CH]1[CH][CH][CH][CH]1.[Fe+2]. The van der Waals surface area contributed by atoms with E-state index in [1.807, 2.05) is 86.0 Å². The van der Waals surface area contributed by atoms with Gasteiger partial charge in [-0.15, -0.1) is 0 Å². The second-order valence-corrected chi connectivity index (χ2v) is 8.40. The van der Waals surface area contributed by atoms with E-state index in [-0.39, 0.29) is 29.0 Å². The normalized spacial score (nSPS) is 21.9. The largest absolute Gasteiger partial charge is 2.00 e. The number of aromatic nitrogens is 3. The number of hydrogen-bond acceptors (Lipinski definition) is 4. The van der Waals surface area contributed by atoms with Crippen LogP contribution >= 0.6 is 11.6 Å². The molecule has 6 rings (SSSR count).